The van der Waals surface area contributed by atoms with E-state index in [1.54, 1.807) is 0 Å². The van der Waals surface area contributed by atoms with Crippen molar-refractivity contribution < 1.29 is 22.3 Å². The first-order valence-corrected chi connectivity index (χ1v) is 8.57. The Hall–Kier alpha value is -0.830. The maximum absolute atomic E-state index is 14.1. The Labute approximate surface area is 136 Å². The largest absolute Gasteiger partial charge is 0.361 e. The van der Waals surface area contributed by atoms with Gasteiger partial charge in [-0.25, -0.2) is 8.78 Å². The average molecular weight is 337 g/mol. The van der Waals surface area contributed by atoms with Crippen molar-refractivity contribution in [3.05, 3.63) is 0 Å². The second-order valence-corrected chi connectivity index (χ2v) is 6.41. The Kier molecular flexibility index (Phi) is 7.79. The van der Waals surface area contributed by atoms with Crippen LogP contribution in [0.4, 0.5) is 17.6 Å². The van der Waals surface area contributed by atoms with E-state index in [0.717, 1.165) is 0 Å². The first-order valence-electron chi connectivity index (χ1n) is 8.57. The molecule has 0 spiro atoms. The number of halogens is 4. The van der Waals surface area contributed by atoms with Crippen molar-refractivity contribution in [2.75, 3.05) is 0 Å². The summed E-state index contributed by atoms with van der Waals surface area (Å²) in [6, 6.07) is 1.83. The first kappa shape index (κ1) is 20.2. The van der Waals surface area contributed by atoms with Gasteiger partial charge in [-0.3, -0.25) is 0 Å². The van der Waals surface area contributed by atoms with Crippen molar-refractivity contribution in [1.29, 1.82) is 5.26 Å². The van der Waals surface area contributed by atoms with Crippen LogP contribution in [-0.4, -0.2) is 24.6 Å². The van der Waals surface area contributed by atoms with E-state index >= 15 is 0 Å². The van der Waals surface area contributed by atoms with E-state index in [4.69, 9.17) is 10.00 Å². The summed E-state index contributed by atoms with van der Waals surface area (Å²) in [6.07, 6.45) is -6.57. The van der Waals surface area contributed by atoms with Crippen LogP contribution in [0.1, 0.15) is 59.3 Å². The van der Waals surface area contributed by atoms with Gasteiger partial charge in [-0.2, -0.15) is 14.0 Å². The molecule has 6 atom stereocenters. The normalized spacial score (nSPS) is 38.2. The van der Waals surface area contributed by atoms with E-state index in [1.807, 2.05) is 26.8 Å². The third-order valence-corrected chi connectivity index (χ3v) is 4.68. The zero-order chi connectivity index (χ0) is 17.6. The fourth-order valence-corrected chi connectivity index (χ4v) is 3.33. The highest BCUT2D eigenvalue weighted by Crippen LogP contribution is 2.43. The van der Waals surface area contributed by atoms with Crippen LogP contribution in [0.15, 0.2) is 0 Å². The van der Waals surface area contributed by atoms with E-state index in [9.17, 15) is 17.6 Å². The van der Waals surface area contributed by atoms with Gasteiger partial charge in [0.15, 0.2) is 0 Å². The van der Waals surface area contributed by atoms with Crippen LogP contribution in [0.3, 0.4) is 0 Å². The van der Waals surface area contributed by atoms with Crippen molar-refractivity contribution in [1.82, 2.24) is 0 Å². The van der Waals surface area contributed by atoms with Crippen LogP contribution in [-0.2, 0) is 4.74 Å². The van der Waals surface area contributed by atoms with E-state index in [1.165, 1.54) is 0 Å². The van der Waals surface area contributed by atoms with Crippen LogP contribution in [0.2, 0.25) is 0 Å². The fourth-order valence-electron chi connectivity index (χ4n) is 3.33. The van der Waals surface area contributed by atoms with Crippen LogP contribution in [0, 0.1) is 29.1 Å². The van der Waals surface area contributed by atoms with Gasteiger partial charge in [0.1, 0.15) is 12.3 Å². The number of nitrogens with zero attached hydrogens (tertiary/aromatic N) is 1. The highest BCUT2D eigenvalue weighted by molar-refractivity contribution is 4.94. The molecular formula is C17H27F4NO. The predicted molar refractivity (Wildman–Crippen MR) is 80.4 cm³/mol. The molecule has 0 N–H and O–H groups in total. The number of nitriles is 1. The molecule has 134 valence electrons. The molecule has 2 nitrogen and oxygen atoms in total. The highest BCUT2D eigenvalue weighted by atomic mass is 19.3. The molecule has 23 heavy (non-hydrogen) atoms. The minimum absolute atomic E-state index is 0.0852. The van der Waals surface area contributed by atoms with Crippen molar-refractivity contribution in [2.24, 2.45) is 17.8 Å². The summed E-state index contributed by atoms with van der Waals surface area (Å²) in [6.45, 7) is 5.85. The van der Waals surface area contributed by atoms with E-state index < -0.39 is 36.4 Å². The lowest BCUT2D eigenvalue weighted by molar-refractivity contribution is -0.311. The number of rotatable bonds is 3. The molecule has 0 heterocycles. The summed E-state index contributed by atoms with van der Waals surface area (Å²) < 4.78 is 60.5. The number of hydrogen-bond acceptors (Lipinski definition) is 2. The second-order valence-electron chi connectivity index (χ2n) is 6.41. The van der Waals surface area contributed by atoms with Gasteiger partial charge >= 0.3 is 6.11 Å². The van der Waals surface area contributed by atoms with Crippen LogP contribution < -0.4 is 0 Å². The van der Waals surface area contributed by atoms with Gasteiger partial charge in [-0.1, -0.05) is 20.8 Å². The predicted octanol–water partition coefficient (Wildman–Crippen LogP) is 5.43. The minimum Gasteiger partial charge on any atom is -0.317 e. The Morgan fingerprint density at radius 1 is 1.00 bits per heavy atom. The molecule has 0 aliphatic heterocycles. The Balaban J connectivity index is 0.00000127. The molecule has 2 aliphatic rings. The summed E-state index contributed by atoms with van der Waals surface area (Å²) in [4.78, 5) is 0. The topological polar surface area (TPSA) is 33.0 Å². The molecule has 0 aromatic rings. The van der Waals surface area contributed by atoms with Crippen LogP contribution >= 0.6 is 0 Å². The van der Waals surface area contributed by atoms with Crippen molar-refractivity contribution in [3.8, 4) is 6.07 Å². The van der Waals surface area contributed by atoms with E-state index in [0.29, 0.717) is 6.42 Å². The molecule has 0 amide bonds. The molecule has 0 aromatic carbocycles. The molecule has 2 fully saturated rings. The van der Waals surface area contributed by atoms with E-state index in [2.05, 4.69) is 0 Å². The van der Waals surface area contributed by atoms with Crippen LogP contribution in [0.25, 0.3) is 0 Å². The minimum atomic E-state index is -3.57. The third-order valence-electron chi connectivity index (χ3n) is 4.68. The number of ether oxygens (including phenoxy) is 1. The van der Waals surface area contributed by atoms with Crippen molar-refractivity contribution in [2.45, 2.75) is 83.9 Å². The standard InChI is InChI=1S/C15H21F4NO.C2H6/c1-9-2-5-12(14(17)6-9)15(18,19)21-11-4-3-10(8-20)13(16)7-11;1-2/h9-14H,2-7H2,1H3;1-2H3. The lowest BCUT2D eigenvalue weighted by Gasteiger charge is -2.38. The average Bonchev–Trinajstić information content (AvgIpc) is 2.48. The van der Waals surface area contributed by atoms with Gasteiger partial charge in [0.25, 0.3) is 0 Å². The zero-order valence-electron chi connectivity index (χ0n) is 14.1. The first-order chi connectivity index (χ1) is 10.8. The molecule has 0 saturated heterocycles. The Morgan fingerprint density at radius 3 is 2.17 bits per heavy atom. The lowest BCUT2D eigenvalue weighted by Crippen LogP contribution is -2.44. The zero-order valence-corrected chi connectivity index (χ0v) is 14.1. The van der Waals surface area contributed by atoms with Gasteiger partial charge in [0.2, 0.25) is 0 Å². The molecule has 2 rings (SSSR count). The van der Waals surface area contributed by atoms with Gasteiger partial charge in [-0.05, 0) is 38.0 Å². The van der Waals surface area contributed by atoms with Crippen molar-refractivity contribution in [3.63, 3.8) is 0 Å². The maximum atomic E-state index is 14.1. The summed E-state index contributed by atoms with van der Waals surface area (Å²) in [7, 11) is 0. The Bertz CT molecular complexity index is 399. The van der Waals surface area contributed by atoms with Gasteiger partial charge in [0.05, 0.1) is 24.0 Å². The summed E-state index contributed by atoms with van der Waals surface area (Å²) >= 11 is 0. The van der Waals surface area contributed by atoms with Gasteiger partial charge < -0.3 is 4.74 Å². The van der Waals surface area contributed by atoms with E-state index in [-0.39, 0.29) is 38.0 Å². The summed E-state index contributed by atoms with van der Waals surface area (Å²) in [5.41, 5.74) is 0. The molecule has 0 aromatic heterocycles. The molecule has 6 unspecified atom stereocenters. The fraction of sp³-hybridized carbons (Fsp3) is 0.941. The summed E-state index contributed by atoms with van der Waals surface area (Å²) in [5, 5.41) is 8.72. The Morgan fingerprint density at radius 2 is 1.65 bits per heavy atom. The summed E-state index contributed by atoms with van der Waals surface area (Å²) in [5.74, 6) is -2.09. The monoisotopic (exact) mass is 337 g/mol. The smallest absolute Gasteiger partial charge is 0.317 e. The second kappa shape index (κ2) is 8.86. The number of alkyl halides is 4. The molecule has 0 radical (unpaired) electrons. The molecular weight excluding hydrogens is 310 g/mol. The quantitative estimate of drug-likeness (QED) is 0.644. The molecule has 2 saturated carbocycles. The molecule has 2 aliphatic carbocycles. The van der Waals surface area contributed by atoms with Crippen LogP contribution in [0.5, 0.6) is 0 Å². The SMILES string of the molecule is CC.CC1CCC(C(F)(F)OC2CCC(C#N)C(F)C2)C(F)C1. The maximum Gasteiger partial charge on any atom is 0.361 e. The third kappa shape index (κ3) is 5.34. The molecule has 0 bridgehead atoms. The van der Waals surface area contributed by atoms with Gasteiger partial charge in [-0.15, -0.1) is 0 Å². The highest BCUT2D eigenvalue weighted by Gasteiger charge is 2.50. The van der Waals surface area contributed by atoms with Crippen molar-refractivity contribution >= 4 is 0 Å². The lowest BCUT2D eigenvalue weighted by atomic mass is 9.80. The van der Waals surface area contributed by atoms with Gasteiger partial charge in [0, 0.05) is 6.42 Å². The number of hydrogen-bond donors (Lipinski definition) is 0. The molecule has 6 heteroatoms.